The lowest BCUT2D eigenvalue weighted by Crippen LogP contribution is -2.14. The van der Waals surface area contributed by atoms with E-state index in [2.05, 4.69) is 6.07 Å². The predicted molar refractivity (Wildman–Crippen MR) is 109 cm³/mol. The van der Waals surface area contributed by atoms with Crippen LogP contribution in [0.4, 0.5) is 0 Å². The highest BCUT2D eigenvalue weighted by molar-refractivity contribution is 6.04. The first-order valence-electron chi connectivity index (χ1n) is 9.00. The van der Waals surface area contributed by atoms with Crippen LogP contribution in [0.3, 0.4) is 0 Å². The van der Waals surface area contributed by atoms with Gasteiger partial charge in [0.25, 0.3) is 0 Å². The number of ether oxygens (including phenoxy) is 1. The van der Waals surface area contributed by atoms with Crippen LogP contribution in [-0.4, -0.2) is 17.0 Å². The summed E-state index contributed by atoms with van der Waals surface area (Å²) in [6.45, 7) is 1.81. The summed E-state index contributed by atoms with van der Waals surface area (Å²) < 4.78 is 5.73. The van der Waals surface area contributed by atoms with Crippen LogP contribution in [0.5, 0.6) is 0 Å². The Morgan fingerprint density at radius 3 is 1.86 bits per heavy atom. The second-order valence-corrected chi connectivity index (χ2v) is 6.63. The maximum absolute atomic E-state index is 12.7. The second kappa shape index (κ2) is 7.16. The van der Waals surface area contributed by atoms with Crippen LogP contribution < -0.4 is 0 Å². The van der Waals surface area contributed by atoms with E-state index >= 15 is 0 Å². The lowest BCUT2D eigenvalue weighted by Gasteiger charge is -2.19. The number of fused-ring (bicyclic) bond motifs is 2. The molecule has 0 heterocycles. The van der Waals surface area contributed by atoms with Gasteiger partial charge in [-0.2, -0.15) is 0 Å². The van der Waals surface area contributed by atoms with E-state index in [4.69, 9.17) is 4.74 Å². The molecular weight excluding hydrogens is 352 g/mol. The molecule has 0 saturated heterocycles. The van der Waals surface area contributed by atoms with Crippen molar-refractivity contribution in [1.82, 2.24) is 0 Å². The van der Waals surface area contributed by atoms with Crippen molar-refractivity contribution in [2.24, 2.45) is 0 Å². The number of carboxylic acid groups (broad SMARTS) is 1. The molecule has 0 unspecified atom stereocenters. The molecule has 0 radical (unpaired) electrons. The molecule has 1 N–H and O–H groups in total. The fourth-order valence-corrected chi connectivity index (χ4v) is 3.62. The third-order valence-corrected chi connectivity index (χ3v) is 4.88. The van der Waals surface area contributed by atoms with Crippen LogP contribution in [0.25, 0.3) is 21.5 Å². The lowest BCUT2D eigenvalue weighted by molar-refractivity contribution is 0.0337. The molecule has 0 aliphatic carbocycles. The van der Waals surface area contributed by atoms with E-state index in [1.165, 1.54) is 12.1 Å². The van der Waals surface area contributed by atoms with Gasteiger partial charge in [0.1, 0.15) is 6.10 Å². The largest absolute Gasteiger partial charge is 0.478 e. The fraction of sp³-hybridized carbons (Fsp3) is 0.0833. The van der Waals surface area contributed by atoms with Crippen LogP contribution in [-0.2, 0) is 4.74 Å². The quantitative estimate of drug-likeness (QED) is 0.375. The van der Waals surface area contributed by atoms with Crippen LogP contribution in [0.2, 0.25) is 0 Å². The molecule has 138 valence electrons. The van der Waals surface area contributed by atoms with Gasteiger partial charge >= 0.3 is 11.9 Å². The van der Waals surface area contributed by atoms with E-state index in [-0.39, 0.29) is 11.1 Å². The topological polar surface area (TPSA) is 63.6 Å². The Balaban J connectivity index is 1.80. The van der Waals surface area contributed by atoms with Crippen LogP contribution in [0.15, 0.2) is 78.9 Å². The zero-order valence-electron chi connectivity index (χ0n) is 15.3. The van der Waals surface area contributed by atoms with Crippen LogP contribution >= 0.6 is 0 Å². The monoisotopic (exact) mass is 370 g/mol. The van der Waals surface area contributed by atoms with Crippen molar-refractivity contribution in [3.05, 3.63) is 95.6 Å². The van der Waals surface area contributed by atoms with Crippen molar-refractivity contribution in [1.29, 1.82) is 0 Å². The minimum Gasteiger partial charge on any atom is -0.478 e. The molecule has 0 spiro atoms. The highest BCUT2D eigenvalue weighted by Crippen LogP contribution is 2.34. The van der Waals surface area contributed by atoms with E-state index in [0.717, 1.165) is 27.1 Å². The summed E-state index contributed by atoms with van der Waals surface area (Å²) in [5.74, 6) is -1.81. The van der Waals surface area contributed by atoms with E-state index in [1.54, 1.807) is 12.1 Å². The Labute approximate surface area is 162 Å². The van der Waals surface area contributed by atoms with Crippen LogP contribution in [0.1, 0.15) is 39.3 Å². The molecular formula is C24H18O4. The van der Waals surface area contributed by atoms with Gasteiger partial charge in [0.05, 0.1) is 11.1 Å². The van der Waals surface area contributed by atoms with Gasteiger partial charge in [0.15, 0.2) is 0 Å². The van der Waals surface area contributed by atoms with Gasteiger partial charge in [0.2, 0.25) is 0 Å². The second-order valence-electron chi connectivity index (χ2n) is 6.63. The zero-order chi connectivity index (χ0) is 19.7. The molecule has 0 amide bonds. The SMILES string of the molecule is C[C@@H](OC(=O)c1ccccc1C(=O)O)c1c2ccccc2cc2ccccc12. The van der Waals surface area contributed by atoms with Crippen molar-refractivity contribution in [3.8, 4) is 0 Å². The van der Waals surface area contributed by atoms with E-state index in [1.807, 2.05) is 55.5 Å². The minimum atomic E-state index is -1.16. The number of hydrogen-bond donors (Lipinski definition) is 1. The number of benzene rings is 4. The maximum atomic E-state index is 12.7. The summed E-state index contributed by atoms with van der Waals surface area (Å²) >= 11 is 0. The highest BCUT2D eigenvalue weighted by atomic mass is 16.5. The smallest absolute Gasteiger partial charge is 0.339 e. The number of carbonyl (C=O) groups excluding carboxylic acids is 1. The number of esters is 1. The Kier molecular flexibility index (Phi) is 4.53. The molecule has 4 aromatic rings. The van der Waals surface area contributed by atoms with Gasteiger partial charge in [0, 0.05) is 5.56 Å². The summed E-state index contributed by atoms with van der Waals surface area (Å²) in [4.78, 5) is 24.2. The minimum absolute atomic E-state index is 0.0476. The molecule has 4 nitrogen and oxygen atoms in total. The molecule has 0 aliphatic rings. The summed E-state index contributed by atoms with van der Waals surface area (Å²) in [5, 5.41) is 13.5. The van der Waals surface area contributed by atoms with E-state index in [9.17, 15) is 14.7 Å². The third-order valence-electron chi connectivity index (χ3n) is 4.88. The molecule has 0 saturated carbocycles. The first-order chi connectivity index (χ1) is 13.6. The van der Waals surface area contributed by atoms with Gasteiger partial charge in [-0.3, -0.25) is 0 Å². The summed E-state index contributed by atoms with van der Waals surface area (Å²) in [6, 6.07) is 24.1. The maximum Gasteiger partial charge on any atom is 0.339 e. The van der Waals surface area contributed by atoms with Crippen molar-refractivity contribution in [2.45, 2.75) is 13.0 Å². The average Bonchev–Trinajstić information content (AvgIpc) is 2.71. The third kappa shape index (κ3) is 3.09. The Hall–Kier alpha value is -3.66. The molecule has 4 heteroatoms. The van der Waals surface area contributed by atoms with Crippen molar-refractivity contribution >= 4 is 33.5 Å². The summed E-state index contributed by atoms with van der Waals surface area (Å²) in [6.07, 6.45) is -0.551. The van der Waals surface area contributed by atoms with E-state index in [0.29, 0.717) is 0 Å². The molecule has 4 rings (SSSR count). The van der Waals surface area contributed by atoms with Gasteiger partial charge < -0.3 is 9.84 Å². The molecule has 0 bridgehead atoms. The molecule has 4 aromatic carbocycles. The highest BCUT2D eigenvalue weighted by Gasteiger charge is 2.22. The number of aromatic carboxylic acids is 1. The molecule has 1 atom stereocenters. The van der Waals surface area contributed by atoms with Gasteiger partial charge in [-0.25, -0.2) is 9.59 Å². The lowest BCUT2D eigenvalue weighted by atomic mass is 9.94. The van der Waals surface area contributed by atoms with Crippen molar-refractivity contribution < 1.29 is 19.4 Å². The Morgan fingerprint density at radius 2 is 1.29 bits per heavy atom. The average molecular weight is 370 g/mol. The molecule has 0 fully saturated rings. The molecule has 28 heavy (non-hydrogen) atoms. The predicted octanol–water partition coefficient (Wildman–Crippen LogP) is 5.61. The Morgan fingerprint density at radius 1 is 0.786 bits per heavy atom. The summed E-state index contributed by atoms with van der Waals surface area (Å²) in [5.41, 5.74) is 0.892. The first kappa shape index (κ1) is 17.7. The summed E-state index contributed by atoms with van der Waals surface area (Å²) in [7, 11) is 0. The van der Waals surface area contributed by atoms with Gasteiger partial charge in [-0.05, 0) is 46.7 Å². The Bertz CT molecular complexity index is 1160. The van der Waals surface area contributed by atoms with Crippen LogP contribution in [0, 0.1) is 0 Å². The number of carbonyl (C=O) groups is 2. The van der Waals surface area contributed by atoms with E-state index < -0.39 is 18.0 Å². The van der Waals surface area contributed by atoms with Gasteiger partial charge in [-0.1, -0.05) is 60.7 Å². The van der Waals surface area contributed by atoms with Crippen molar-refractivity contribution in [3.63, 3.8) is 0 Å². The number of carboxylic acids is 1. The standard InChI is InChI=1S/C24H18O4/c1-15(28-24(27)21-13-7-6-12-20(21)23(25)26)22-18-10-4-2-8-16(18)14-17-9-3-5-11-19(17)22/h2-15H,1H3,(H,25,26)/t15-/m1/s1. The number of rotatable bonds is 4. The zero-order valence-corrected chi connectivity index (χ0v) is 15.3. The first-order valence-corrected chi connectivity index (χ1v) is 9.00. The molecule has 0 aliphatic heterocycles. The normalized spacial score (nSPS) is 12.0. The molecule has 0 aromatic heterocycles. The fourth-order valence-electron chi connectivity index (χ4n) is 3.62. The van der Waals surface area contributed by atoms with Crippen molar-refractivity contribution in [2.75, 3.05) is 0 Å². The number of hydrogen-bond acceptors (Lipinski definition) is 3. The van der Waals surface area contributed by atoms with Gasteiger partial charge in [-0.15, -0.1) is 0 Å².